The molecule has 34 heavy (non-hydrogen) atoms. The number of carbonyl (C=O) groups excluding carboxylic acids is 1. The lowest BCUT2D eigenvalue weighted by atomic mass is 10.1. The van der Waals surface area contributed by atoms with Crippen LogP contribution in [0, 0.1) is 22.7 Å². The number of piperidine rings is 1. The van der Waals surface area contributed by atoms with Crippen molar-refractivity contribution in [2.24, 2.45) is 0 Å². The minimum atomic E-state index is -0.679. The predicted molar refractivity (Wildman–Crippen MR) is 131 cm³/mol. The number of amides is 1. The molecule has 0 atom stereocenters. The summed E-state index contributed by atoms with van der Waals surface area (Å²) >= 11 is 1.05. The van der Waals surface area contributed by atoms with Gasteiger partial charge in [-0.2, -0.15) is 10.5 Å². The first-order valence-electron chi connectivity index (χ1n) is 11.3. The maximum Gasteiger partial charge on any atom is 0.270 e. The number of ether oxygens (including phenoxy) is 1. The Bertz CT molecular complexity index is 1260. The van der Waals surface area contributed by atoms with E-state index in [1.807, 2.05) is 30.3 Å². The van der Waals surface area contributed by atoms with E-state index in [4.69, 9.17) is 10.00 Å². The lowest BCUT2D eigenvalue weighted by Crippen LogP contribution is -2.34. The van der Waals surface area contributed by atoms with Gasteiger partial charge in [-0.3, -0.25) is 19.1 Å². The van der Waals surface area contributed by atoms with Gasteiger partial charge in [0.25, 0.3) is 11.5 Å². The monoisotopic (exact) mass is 480 g/mol. The van der Waals surface area contributed by atoms with E-state index < -0.39 is 5.91 Å². The average Bonchev–Trinajstić information content (AvgIpc) is 3.17. The van der Waals surface area contributed by atoms with Crippen molar-refractivity contribution < 1.29 is 9.53 Å². The van der Waals surface area contributed by atoms with E-state index in [9.17, 15) is 14.9 Å². The average molecular weight is 481 g/mol. The van der Waals surface area contributed by atoms with E-state index >= 15 is 0 Å². The van der Waals surface area contributed by atoms with Crippen LogP contribution in [0.15, 0.2) is 29.1 Å². The van der Waals surface area contributed by atoms with Gasteiger partial charge in [-0.05, 0) is 45.0 Å². The summed E-state index contributed by atoms with van der Waals surface area (Å²) < 4.78 is 7.90. The Kier molecular flexibility index (Phi) is 9.27. The standard InChI is InChI=1S/C24H28N6O3S/c1-2-30-23(32)21(34-24(30)20(16-26)22(31)27-10-9-25)17-28-18-7-6-8-19(15-18)33-14-13-29-11-4-3-5-12-29/h6-8,15,17,28H,2-5,10-14H2,1H3,(H,27,31)/b21-17+,24-20-. The van der Waals surface area contributed by atoms with Gasteiger partial charge in [-0.25, -0.2) is 0 Å². The molecule has 0 spiro atoms. The number of benzene rings is 1. The molecule has 1 aliphatic rings. The minimum absolute atomic E-state index is 0.192. The highest BCUT2D eigenvalue weighted by molar-refractivity contribution is 7.07. The van der Waals surface area contributed by atoms with Crippen molar-refractivity contribution in [2.75, 3.05) is 38.1 Å². The molecule has 2 N–H and O–H groups in total. The van der Waals surface area contributed by atoms with Gasteiger partial charge in [-0.15, -0.1) is 11.3 Å². The fourth-order valence-electron chi connectivity index (χ4n) is 3.70. The number of nitriles is 2. The molecule has 1 aromatic carbocycles. The molecule has 1 fully saturated rings. The zero-order valence-electron chi connectivity index (χ0n) is 19.2. The van der Waals surface area contributed by atoms with Gasteiger partial charge in [0.2, 0.25) is 0 Å². The number of hydrogen-bond donors (Lipinski definition) is 2. The molecule has 9 nitrogen and oxygen atoms in total. The molecular formula is C24H28N6O3S. The molecular weight excluding hydrogens is 452 g/mol. The number of carbonyl (C=O) groups is 1. The van der Waals surface area contributed by atoms with Crippen molar-refractivity contribution in [2.45, 2.75) is 32.7 Å². The summed E-state index contributed by atoms with van der Waals surface area (Å²) in [4.78, 5) is 27.5. The van der Waals surface area contributed by atoms with Gasteiger partial charge < -0.3 is 15.4 Å². The highest BCUT2D eigenvalue weighted by Crippen LogP contribution is 2.17. The third-order valence-electron chi connectivity index (χ3n) is 5.43. The predicted octanol–water partition coefficient (Wildman–Crippen LogP) is 0.959. The summed E-state index contributed by atoms with van der Waals surface area (Å²) in [6.45, 7) is 5.62. The molecule has 2 heterocycles. The van der Waals surface area contributed by atoms with Gasteiger partial charge in [-0.1, -0.05) is 12.5 Å². The first-order chi connectivity index (χ1) is 16.6. The second-order valence-corrected chi connectivity index (χ2v) is 8.75. The van der Waals surface area contributed by atoms with Crippen molar-refractivity contribution in [3.05, 3.63) is 43.8 Å². The number of nitrogens with zero attached hydrogens (tertiary/aromatic N) is 4. The molecule has 178 valence electrons. The summed E-state index contributed by atoms with van der Waals surface area (Å²) in [5.41, 5.74) is 0.261. The second-order valence-electron chi connectivity index (χ2n) is 7.72. The Hall–Kier alpha value is -3.60. The highest BCUT2D eigenvalue weighted by Gasteiger charge is 2.15. The van der Waals surface area contributed by atoms with E-state index in [1.54, 1.807) is 19.2 Å². The second kappa shape index (κ2) is 12.6. The molecule has 1 saturated heterocycles. The first kappa shape index (κ1) is 25.0. The number of hydrogen-bond acceptors (Lipinski definition) is 8. The van der Waals surface area contributed by atoms with E-state index in [1.165, 1.54) is 23.8 Å². The van der Waals surface area contributed by atoms with Gasteiger partial charge in [0.1, 0.15) is 34.2 Å². The molecule has 0 aliphatic carbocycles. The fourth-order valence-corrected chi connectivity index (χ4v) is 4.78. The smallest absolute Gasteiger partial charge is 0.270 e. The number of likely N-dealkylation sites (tertiary alicyclic amines) is 1. The van der Waals surface area contributed by atoms with Crippen LogP contribution in [0.5, 0.6) is 5.75 Å². The topological polar surface area (TPSA) is 123 Å². The van der Waals surface area contributed by atoms with Crippen molar-refractivity contribution in [1.29, 1.82) is 10.5 Å². The SMILES string of the molecule is CCn1c(=O)/c(=C\Nc2cccc(OCCN3CCCCC3)c2)s/c1=C(/C#N)C(=O)NCC#N. The maximum atomic E-state index is 12.8. The van der Waals surface area contributed by atoms with Crippen LogP contribution in [0.3, 0.4) is 0 Å². The fraction of sp³-hybridized carbons (Fsp3) is 0.417. The molecule has 1 amide bonds. The van der Waals surface area contributed by atoms with Crippen LogP contribution in [0.25, 0.3) is 11.8 Å². The van der Waals surface area contributed by atoms with Crippen LogP contribution >= 0.6 is 11.3 Å². The third kappa shape index (κ3) is 6.47. The number of anilines is 1. The minimum Gasteiger partial charge on any atom is -0.492 e. The summed E-state index contributed by atoms with van der Waals surface area (Å²) in [5, 5.41) is 23.6. The summed E-state index contributed by atoms with van der Waals surface area (Å²) in [6, 6.07) is 11.1. The number of rotatable bonds is 9. The van der Waals surface area contributed by atoms with Crippen molar-refractivity contribution in [3.8, 4) is 17.9 Å². The van der Waals surface area contributed by atoms with Crippen LogP contribution in [0.1, 0.15) is 26.2 Å². The number of nitrogens with one attached hydrogen (secondary N) is 2. The van der Waals surface area contributed by atoms with Crippen molar-refractivity contribution in [3.63, 3.8) is 0 Å². The quantitative estimate of drug-likeness (QED) is 0.513. The Morgan fingerprint density at radius 2 is 2.06 bits per heavy atom. The van der Waals surface area contributed by atoms with E-state index in [-0.39, 0.29) is 22.3 Å². The van der Waals surface area contributed by atoms with Gasteiger partial charge in [0.15, 0.2) is 5.57 Å². The molecule has 0 bridgehead atoms. The third-order valence-corrected chi connectivity index (χ3v) is 6.56. The Balaban J connectivity index is 1.76. The van der Waals surface area contributed by atoms with Gasteiger partial charge in [0, 0.05) is 31.0 Å². The molecule has 2 aromatic rings. The van der Waals surface area contributed by atoms with Crippen LogP contribution in [-0.4, -0.2) is 48.2 Å². The van der Waals surface area contributed by atoms with Crippen LogP contribution in [-0.2, 0) is 11.3 Å². The zero-order chi connectivity index (χ0) is 24.3. The summed E-state index contributed by atoms with van der Waals surface area (Å²) in [7, 11) is 0. The van der Waals surface area contributed by atoms with Crippen LogP contribution < -0.4 is 30.1 Å². The zero-order valence-corrected chi connectivity index (χ0v) is 20.0. The normalized spacial score (nSPS) is 15.2. The Labute approximate surface area is 202 Å². The largest absolute Gasteiger partial charge is 0.492 e. The van der Waals surface area contributed by atoms with Gasteiger partial charge in [0.05, 0.1) is 6.07 Å². The lowest BCUT2D eigenvalue weighted by molar-refractivity contribution is -0.115. The lowest BCUT2D eigenvalue weighted by Gasteiger charge is -2.26. The van der Waals surface area contributed by atoms with Crippen molar-refractivity contribution >= 4 is 34.7 Å². The maximum absolute atomic E-state index is 12.8. The Morgan fingerprint density at radius 3 is 2.76 bits per heavy atom. The van der Waals surface area contributed by atoms with Crippen molar-refractivity contribution in [1.82, 2.24) is 14.8 Å². The molecule has 1 aromatic heterocycles. The van der Waals surface area contributed by atoms with Gasteiger partial charge >= 0.3 is 0 Å². The summed E-state index contributed by atoms with van der Waals surface area (Å²) in [5.74, 6) is 0.0592. The number of aromatic nitrogens is 1. The van der Waals surface area contributed by atoms with E-state index in [2.05, 4.69) is 15.5 Å². The number of thiazole rings is 1. The molecule has 3 rings (SSSR count). The Morgan fingerprint density at radius 1 is 1.26 bits per heavy atom. The first-order valence-corrected chi connectivity index (χ1v) is 12.1. The van der Waals surface area contributed by atoms with Crippen LogP contribution in [0.2, 0.25) is 0 Å². The van der Waals surface area contributed by atoms with E-state index in [0.717, 1.165) is 42.4 Å². The summed E-state index contributed by atoms with van der Waals surface area (Å²) in [6.07, 6.45) is 5.37. The molecule has 1 aliphatic heterocycles. The highest BCUT2D eigenvalue weighted by atomic mass is 32.1. The molecule has 0 unspecified atom stereocenters. The molecule has 0 radical (unpaired) electrons. The molecule has 10 heteroatoms. The van der Waals surface area contributed by atoms with E-state index in [0.29, 0.717) is 17.7 Å². The van der Waals surface area contributed by atoms with Crippen LogP contribution in [0.4, 0.5) is 5.69 Å². The molecule has 0 saturated carbocycles.